The van der Waals surface area contributed by atoms with Crippen molar-refractivity contribution in [3.63, 3.8) is 0 Å². The zero-order chi connectivity index (χ0) is 24.2. The number of aryl methyl sites for hydroxylation is 1. The van der Waals surface area contributed by atoms with E-state index in [2.05, 4.69) is 48.0 Å². The number of benzene rings is 2. The van der Waals surface area contributed by atoms with Crippen molar-refractivity contribution in [1.82, 2.24) is 0 Å². The third-order valence-electron chi connectivity index (χ3n) is 5.77. The highest BCUT2D eigenvalue weighted by Gasteiger charge is 2.17. The molecule has 2 aromatic carbocycles. The molecule has 0 unspecified atom stereocenters. The minimum Gasteiger partial charge on any atom is -0.508 e. The molecule has 0 heterocycles. The van der Waals surface area contributed by atoms with Gasteiger partial charge in [-0.1, -0.05) is 111 Å². The zero-order valence-electron chi connectivity index (χ0n) is 21.7. The van der Waals surface area contributed by atoms with Crippen LogP contribution in [-0.4, -0.2) is 10.2 Å². The van der Waals surface area contributed by atoms with Crippen molar-refractivity contribution in [3.8, 4) is 11.5 Å². The molecule has 181 valence electrons. The van der Waals surface area contributed by atoms with Crippen LogP contribution < -0.4 is 0 Å². The molecule has 0 saturated heterocycles. The Bertz CT molecular complexity index is 652. The first-order valence-corrected chi connectivity index (χ1v) is 12.7. The van der Waals surface area contributed by atoms with Crippen LogP contribution in [0.3, 0.4) is 0 Å². The van der Waals surface area contributed by atoms with Crippen molar-refractivity contribution in [2.45, 2.75) is 111 Å². The number of unbranched alkanes of at least 4 members (excludes halogenated alkanes) is 7. The summed E-state index contributed by atoms with van der Waals surface area (Å²) in [5.74, 6) is 0.697. The van der Waals surface area contributed by atoms with Gasteiger partial charge in [0.05, 0.1) is 0 Å². The first-order chi connectivity index (χ1) is 15.3. The van der Waals surface area contributed by atoms with Crippen molar-refractivity contribution >= 4 is 0 Å². The average Bonchev–Trinajstić information content (AvgIpc) is 2.79. The van der Waals surface area contributed by atoms with Crippen LogP contribution in [0.15, 0.2) is 48.5 Å². The summed E-state index contributed by atoms with van der Waals surface area (Å²) in [6, 6.07) is 15.0. The van der Waals surface area contributed by atoms with Crippen LogP contribution in [0.25, 0.3) is 0 Å². The third-order valence-corrected chi connectivity index (χ3v) is 5.77. The van der Waals surface area contributed by atoms with Crippen LogP contribution in [0.5, 0.6) is 11.5 Å². The Hall–Kier alpha value is -1.96. The van der Waals surface area contributed by atoms with E-state index in [9.17, 15) is 0 Å². The van der Waals surface area contributed by atoms with Crippen LogP contribution in [0.1, 0.15) is 110 Å². The Morgan fingerprint density at radius 2 is 1.16 bits per heavy atom. The van der Waals surface area contributed by atoms with Crippen molar-refractivity contribution in [1.29, 1.82) is 0 Å². The van der Waals surface area contributed by atoms with Gasteiger partial charge in [0.25, 0.3) is 0 Å². The molecule has 0 bridgehead atoms. The van der Waals surface area contributed by atoms with E-state index in [1.165, 1.54) is 62.5 Å². The van der Waals surface area contributed by atoms with Gasteiger partial charge in [0.1, 0.15) is 11.5 Å². The second-order valence-corrected chi connectivity index (χ2v) is 9.13. The van der Waals surface area contributed by atoms with E-state index < -0.39 is 0 Å². The first-order valence-electron chi connectivity index (χ1n) is 12.7. The van der Waals surface area contributed by atoms with Crippen LogP contribution in [0, 0.1) is 6.42 Å². The van der Waals surface area contributed by atoms with E-state index in [0.717, 1.165) is 12.8 Å². The van der Waals surface area contributed by atoms with E-state index >= 15 is 0 Å². The van der Waals surface area contributed by atoms with Crippen molar-refractivity contribution in [2.24, 2.45) is 0 Å². The number of rotatable bonds is 11. The number of phenolic OH excluding ortho intramolecular Hbond substituents is 2. The molecule has 0 aliphatic heterocycles. The van der Waals surface area contributed by atoms with Gasteiger partial charge < -0.3 is 10.2 Å². The Morgan fingerprint density at radius 3 is 1.59 bits per heavy atom. The largest absolute Gasteiger partial charge is 0.508 e. The molecule has 0 aliphatic carbocycles. The quantitative estimate of drug-likeness (QED) is 0.341. The maximum absolute atomic E-state index is 9.10. The summed E-state index contributed by atoms with van der Waals surface area (Å²) in [6.45, 7) is 13.2. The molecular formula is C30H49O2. The van der Waals surface area contributed by atoms with Gasteiger partial charge in [-0.15, -0.1) is 0 Å². The lowest BCUT2D eigenvalue weighted by Crippen LogP contribution is -2.14. The molecule has 0 amide bonds. The Morgan fingerprint density at radius 1 is 0.656 bits per heavy atom. The molecule has 0 spiro atoms. The third kappa shape index (κ3) is 14.9. The molecule has 0 aromatic heterocycles. The fraction of sp³-hybridized carbons (Fsp3) is 0.567. The van der Waals surface area contributed by atoms with Gasteiger partial charge in [-0.05, 0) is 66.5 Å². The van der Waals surface area contributed by atoms with E-state index in [-0.39, 0.29) is 5.41 Å². The zero-order valence-corrected chi connectivity index (χ0v) is 21.7. The maximum Gasteiger partial charge on any atom is 0.115 e. The van der Waals surface area contributed by atoms with Gasteiger partial charge in [0.2, 0.25) is 0 Å². The van der Waals surface area contributed by atoms with E-state index in [1.807, 2.05) is 24.3 Å². The molecule has 0 fully saturated rings. The minimum atomic E-state index is 0.216. The van der Waals surface area contributed by atoms with Crippen molar-refractivity contribution in [2.75, 3.05) is 0 Å². The molecule has 2 N–H and O–H groups in total. The second kappa shape index (κ2) is 18.6. The molecule has 2 aromatic rings. The highest BCUT2D eigenvalue weighted by Crippen LogP contribution is 2.27. The van der Waals surface area contributed by atoms with Crippen LogP contribution >= 0.6 is 0 Å². The molecule has 2 nitrogen and oxygen atoms in total. The standard InChI is InChI=1S/C12H18O.C11H16O.C7H15/c1-2-3-4-5-6-11-7-9-12(13)10-8-11;1-4-11(2,3)9-5-7-10(12)8-6-9;1-3-5-7-6-4-2/h7-10,13H,2-6H2,1H3;5-8,12H,4H2,1-3H3;7H,3-6H2,1-2H3. The molecule has 1 radical (unpaired) electrons. The highest BCUT2D eigenvalue weighted by atomic mass is 16.3. The van der Waals surface area contributed by atoms with Crippen molar-refractivity contribution in [3.05, 3.63) is 66.1 Å². The number of hydrogen-bond acceptors (Lipinski definition) is 2. The van der Waals surface area contributed by atoms with E-state index in [1.54, 1.807) is 24.3 Å². The lowest BCUT2D eigenvalue weighted by atomic mass is 9.82. The predicted molar refractivity (Wildman–Crippen MR) is 141 cm³/mol. The second-order valence-electron chi connectivity index (χ2n) is 9.13. The summed E-state index contributed by atoms with van der Waals surface area (Å²) in [4.78, 5) is 0. The van der Waals surface area contributed by atoms with Gasteiger partial charge in [-0.3, -0.25) is 0 Å². The van der Waals surface area contributed by atoms with E-state index in [0.29, 0.717) is 11.5 Å². The normalized spacial score (nSPS) is 10.6. The summed E-state index contributed by atoms with van der Waals surface area (Å²) < 4.78 is 0. The fourth-order valence-corrected chi connectivity index (χ4v) is 3.09. The van der Waals surface area contributed by atoms with Gasteiger partial charge in [-0.2, -0.15) is 0 Å². The summed E-state index contributed by atoms with van der Waals surface area (Å²) in [7, 11) is 0. The average molecular weight is 442 g/mol. The first kappa shape index (κ1) is 30.0. The summed E-state index contributed by atoms with van der Waals surface area (Å²) in [5, 5.41) is 18.2. The molecule has 0 saturated carbocycles. The molecule has 0 aliphatic rings. The minimum absolute atomic E-state index is 0.216. The Balaban J connectivity index is 0.000000473. The Kier molecular flexibility index (Phi) is 17.5. The lowest BCUT2D eigenvalue weighted by molar-refractivity contribution is 0.471. The predicted octanol–water partition coefficient (Wildman–Crippen LogP) is 9.39. The molecule has 0 atom stereocenters. The van der Waals surface area contributed by atoms with Gasteiger partial charge in [0.15, 0.2) is 0 Å². The van der Waals surface area contributed by atoms with Gasteiger partial charge in [0, 0.05) is 0 Å². The lowest BCUT2D eigenvalue weighted by Gasteiger charge is -2.22. The highest BCUT2D eigenvalue weighted by molar-refractivity contribution is 5.30. The number of aromatic hydroxyl groups is 2. The van der Waals surface area contributed by atoms with Gasteiger partial charge >= 0.3 is 0 Å². The summed E-state index contributed by atoms with van der Waals surface area (Å²) >= 11 is 0. The number of hydrogen-bond donors (Lipinski definition) is 2. The fourth-order valence-electron chi connectivity index (χ4n) is 3.09. The van der Waals surface area contributed by atoms with Crippen LogP contribution in [0.2, 0.25) is 0 Å². The van der Waals surface area contributed by atoms with Crippen LogP contribution in [-0.2, 0) is 11.8 Å². The smallest absolute Gasteiger partial charge is 0.115 e. The van der Waals surface area contributed by atoms with E-state index in [4.69, 9.17) is 10.2 Å². The summed E-state index contributed by atoms with van der Waals surface area (Å²) in [5.41, 5.74) is 2.82. The summed E-state index contributed by atoms with van der Waals surface area (Å²) in [6.07, 6.45) is 15.0. The number of phenols is 2. The molecule has 32 heavy (non-hydrogen) atoms. The SMILES string of the molecule is CCC(C)(C)c1ccc(O)cc1.CCCCCCc1ccc(O)cc1.CCC[CH]CCC. The van der Waals surface area contributed by atoms with Gasteiger partial charge in [-0.25, -0.2) is 0 Å². The topological polar surface area (TPSA) is 40.5 Å². The Labute approximate surface area is 199 Å². The van der Waals surface area contributed by atoms with Crippen LogP contribution in [0.4, 0.5) is 0 Å². The molecular weight excluding hydrogens is 392 g/mol. The monoisotopic (exact) mass is 441 g/mol. The molecule has 2 rings (SSSR count). The molecule has 2 heteroatoms. The maximum atomic E-state index is 9.10. The van der Waals surface area contributed by atoms with Crippen molar-refractivity contribution < 1.29 is 10.2 Å².